The van der Waals surface area contributed by atoms with Crippen molar-refractivity contribution in [3.05, 3.63) is 11.1 Å². The summed E-state index contributed by atoms with van der Waals surface area (Å²) in [6.07, 6.45) is -7.42. The Morgan fingerprint density at radius 1 is 1.35 bits per heavy atom. The largest absolute Gasteiger partial charge is 0.474 e. The second kappa shape index (κ2) is 6.52. The normalized spacial score (nSPS) is 19.8. The molecule has 134 valence electrons. The van der Waals surface area contributed by atoms with Crippen LogP contribution in [0, 0.1) is 0 Å². The first kappa shape index (κ1) is 20.1. The molecule has 1 unspecified atom stereocenters. The molecule has 1 aromatic heterocycles. The van der Waals surface area contributed by atoms with Gasteiger partial charge in [-0.1, -0.05) is 25.2 Å². The van der Waals surface area contributed by atoms with Gasteiger partial charge in [-0.05, 0) is 0 Å². The van der Waals surface area contributed by atoms with Crippen molar-refractivity contribution in [2.24, 2.45) is 0 Å². The van der Waals surface area contributed by atoms with E-state index in [1.54, 1.807) is 0 Å². The molecule has 11 heteroatoms. The molecule has 0 aliphatic heterocycles. The number of hydrogen-bond donors (Lipinski definition) is 1. The molecule has 1 aliphatic carbocycles. The van der Waals surface area contributed by atoms with Crippen molar-refractivity contribution in [1.82, 2.24) is 0 Å². The Kier molecular flexibility index (Phi) is 5.70. The van der Waals surface area contributed by atoms with Gasteiger partial charge in [0.2, 0.25) is 0 Å². The molecular formula is C12H15F5O4S2. The summed E-state index contributed by atoms with van der Waals surface area (Å²) in [5, 5.41) is 8.95. The number of halogens is 5. The van der Waals surface area contributed by atoms with Crippen molar-refractivity contribution in [2.45, 2.75) is 42.7 Å². The molecule has 23 heavy (non-hydrogen) atoms. The lowest BCUT2D eigenvalue weighted by Crippen LogP contribution is -2.23. The van der Waals surface area contributed by atoms with Crippen molar-refractivity contribution < 1.29 is 40.2 Å². The minimum absolute atomic E-state index is 0.311. The molecule has 1 atom stereocenters. The first-order chi connectivity index (χ1) is 10.3. The number of thiophene rings is 1. The van der Waals surface area contributed by atoms with Crippen LogP contribution < -0.4 is 4.74 Å². The number of rotatable bonds is 3. The van der Waals surface area contributed by atoms with E-state index in [9.17, 15) is 35.5 Å². The zero-order valence-corrected chi connectivity index (χ0v) is 14.0. The van der Waals surface area contributed by atoms with Gasteiger partial charge >= 0.3 is 6.18 Å². The van der Waals surface area contributed by atoms with E-state index < -0.39 is 55.9 Å². The van der Waals surface area contributed by atoms with Crippen molar-refractivity contribution in [3.63, 3.8) is 0 Å². The van der Waals surface area contributed by atoms with Crippen LogP contribution in [-0.2, 0) is 16.3 Å². The summed E-state index contributed by atoms with van der Waals surface area (Å²) >= 11 is 0.311. The van der Waals surface area contributed by atoms with Gasteiger partial charge in [-0.25, -0.2) is 17.2 Å². The first-order valence-electron chi connectivity index (χ1n) is 6.44. The molecule has 1 N–H and O–H groups in total. The minimum Gasteiger partial charge on any atom is -0.474 e. The monoisotopic (exact) mass is 382 g/mol. The third-order valence-corrected chi connectivity index (χ3v) is 5.77. The van der Waals surface area contributed by atoms with Crippen molar-refractivity contribution in [1.29, 1.82) is 0 Å². The summed E-state index contributed by atoms with van der Waals surface area (Å²) in [5.74, 6) is -3.64. The van der Waals surface area contributed by atoms with Gasteiger partial charge in [0.25, 0.3) is 5.92 Å². The van der Waals surface area contributed by atoms with Crippen molar-refractivity contribution in [3.8, 4) is 5.06 Å². The molecule has 0 amide bonds. The Hall–Kier alpha value is -0.940. The van der Waals surface area contributed by atoms with Crippen LogP contribution >= 0.6 is 11.3 Å². The maximum Gasteiger partial charge on any atom is 0.422 e. The van der Waals surface area contributed by atoms with Crippen LogP contribution in [0.2, 0.25) is 0 Å². The third kappa shape index (κ3) is 4.32. The van der Waals surface area contributed by atoms with E-state index in [1.807, 2.05) is 13.8 Å². The second-order valence-corrected chi connectivity index (χ2v) is 7.78. The number of aliphatic hydroxyl groups is 1. The Balaban J connectivity index is 0.00000127. The number of fused-ring (bicyclic) bond motifs is 1. The van der Waals surface area contributed by atoms with Gasteiger partial charge in [0.05, 0.1) is 0 Å². The van der Waals surface area contributed by atoms with Crippen LogP contribution in [0.1, 0.15) is 31.1 Å². The maximum atomic E-state index is 13.5. The molecule has 0 radical (unpaired) electrons. The van der Waals surface area contributed by atoms with E-state index in [0.717, 1.165) is 6.26 Å². The van der Waals surface area contributed by atoms with Gasteiger partial charge < -0.3 is 9.84 Å². The fraction of sp³-hybridized carbons (Fsp3) is 0.667. The number of sulfone groups is 1. The summed E-state index contributed by atoms with van der Waals surface area (Å²) in [4.78, 5) is 0. The van der Waals surface area contributed by atoms with Gasteiger partial charge in [-0.2, -0.15) is 13.2 Å². The molecule has 0 saturated carbocycles. The van der Waals surface area contributed by atoms with Gasteiger partial charge in [-0.3, -0.25) is 0 Å². The van der Waals surface area contributed by atoms with Gasteiger partial charge in [0.15, 0.2) is 21.5 Å². The highest BCUT2D eigenvalue weighted by Crippen LogP contribution is 2.53. The van der Waals surface area contributed by atoms with Crippen LogP contribution in [0.4, 0.5) is 22.0 Å². The van der Waals surface area contributed by atoms with E-state index in [-0.39, 0.29) is 5.56 Å². The lowest BCUT2D eigenvalue weighted by atomic mass is 10.2. The Labute approximate surface area is 133 Å². The summed E-state index contributed by atoms with van der Waals surface area (Å²) in [7, 11) is -3.98. The SMILES string of the molecule is CC.CS(=O)(=O)c1sc(OCC(F)(F)F)c2c1C(O)C(F)(F)C2. The Morgan fingerprint density at radius 2 is 1.87 bits per heavy atom. The fourth-order valence-corrected chi connectivity index (χ4v) is 4.36. The van der Waals surface area contributed by atoms with Crippen LogP contribution in [0.25, 0.3) is 0 Å². The molecule has 1 aromatic rings. The second-order valence-electron chi connectivity index (χ2n) is 4.59. The number of hydrogen-bond acceptors (Lipinski definition) is 5. The van der Waals surface area contributed by atoms with Crippen LogP contribution in [0.3, 0.4) is 0 Å². The predicted molar refractivity (Wildman–Crippen MR) is 73.9 cm³/mol. The average Bonchev–Trinajstić information content (AvgIpc) is 2.84. The topological polar surface area (TPSA) is 63.6 Å². The van der Waals surface area contributed by atoms with Crippen LogP contribution in [-0.4, -0.2) is 38.5 Å². The van der Waals surface area contributed by atoms with E-state index in [4.69, 9.17) is 0 Å². The van der Waals surface area contributed by atoms with Crippen molar-refractivity contribution in [2.75, 3.05) is 12.9 Å². The lowest BCUT2D eigenvalue weighted by Gasteiger charge is -2.14. The van der Waals surface area contributed by atoms with Gasteiger partial charge in [0, 0.05) is 23.8 Å². The fourth-order valence-electron chi connectivity index (χ4n) is 1.96. The summed E-state index contributed by atoms with van der Waals surface area (Å²) in [5.41, 5.74) is -0.952. The molecule has 1 heterocycles. The quantitative estimate of drug-likeness (QED) is 0.815. The van der Waals surface area contributed by atoms with E-state index in [2.05, 4.69) is 4.74 Å². The highest BCUT2D eigenvalue weighted by atomic mass is 32.2. The highest BCUT2D eigenvalue weighted by Gasteiger charge is 2.52. The molecule has 0 aromatic carbocycles. The van der Waals surface area contributed by atoms with E-state index >= 15 is 0 Å². The molecule has 0 fully saturated rings. The minimum atomic E-state index is -4.69. The Morgan fingerprint density at radius 3 is 2.30 bits per heavy atom. The lowest BCUT2D eigenvalue weighted by molar-refractivity contribution is -0.153. The maximum absolute atomic E-state index is 13.5. The predicted octanol–water partition coefficient (Wildman–Crippen LogP) is 3.34. The summed E-state index contributed by atoms with van der Waals surface area (Å²) in [6, 6.07) is 0. The Bertz CT molecular complexity index is 664. The summed E-state index contributed by atoms with van der Waals surface area (Å²) < 4.78 is 90.2. The molecule has 0 spiro atoms. The summed E-state index contributed by atoms with van der Waals surface area (Å²) in [6.45, 7) is 2.27. The van der Waals surface area contributed by atoms with Crippen molar-refractivity contribution >= 4 is 21.2 Å². The number of aliphatic hydroxyl groups excluding tert-OH is 1. The van der Waals surface area contributed by atoms with E-state index in [0.29, 0.717) is 11.3 Å². The smallest absolute Gasteiger partial charge is 0.422 e. The number of ether oxygens (including phenoxy) is 1. The van der Waals surface area contributed by atoms with E-state index in [1.165, 1.54) is 0 Å². The molecule has 0 saturated heterocycles. The molecule has 4 nitrogen and oxygen atoms in total. The molecular weight excluding hydrogens is 367 g/mol. The van der Waals surface area contributed by atoms with Crippen LogP contribution in [0.15, 0.2) is 4.21 Å². The molecule has 0 bridgehead atoms. The zero-order chi connectivity index (χ0) is 18.2. The van der Waals surface area contributed by atoms with Gasteiger partial charge in [0.1, 0.15) is 10.3 Å². The molecule has 2 rings (SSSR count). The van der Waals surface area contributed by atoms with Crippen LogP contribution in [0.5, 0.6) is 5.06 Å². The molecule has 1 aliphatic rings. The highest BCUT2D eigenvalue weighted by molar-refractivity contribution is 7.92. The van der Waals surface area contributed by atoms with Gasteiger partial charge in [-0.15, -0.1) is 0 Å². The third-order valence-electron chi connectivity index (χ3n) is 2.77. The standard InChI is InChI=1S/C10H9F5O4S2.C2H6/c1-21(17,18)8-5-4(2-9(11,12)6(5)16)7(20-8)19-3-10(13,14)15;1-2/h6,16H,2-3H2,1H3;1-2H3. The zero-order valence-electron chi connectivity index (χ0n) is 12.4. The average molecular weight is 382 g/mol. The first-order valence-corrected chi connectivity index (χ1v) is 9.15. The number of alkyl halides is 5.